The third kappa shape index (κ3) is 65.4. The van der Waals surface area contributed by atoms with E-state index in [9.17, 15) is 43.2 Å². The normalized spacial score (nSPS) is 14.5. The molecular weight excluding hydrogens is 1210 g/mol. The molecule has 0 saturated carbocycles. The van der Waals surface area contributed by atoms with Crippen LogP contribution in [0.2, 0.25) is 0 Å². The second kappa shape index (κ2) is 62.6. The van der Waals surface area contributed by atoms with Gasteiger partial charge in [0.15, 0.2) is 12.2 Å². The molecule has 0 heterocycles. The summed E-state index contributed by atoms with van der Waals surface area (Å²) in [5.41, 5.74) is 0. The molecule has 0 aliphatic rings. The monoisotopic (exact) mass is 1350 g/mol. The van der Waals surface area contributed by atoms with E-state index in [1.54, 1.807) is 0 Å². The molecule has 546 valence electrons. The first-order valence-corrected chi connectivity index (χ1v) is 40.7. The SMILES string of the molecule is CCC(C)CCCCCCCCCCCCC(=O)OC[C@H](COP(=O)(O)OCC(O)COP(=O)(O)OC[C@@H](COC(=O)CCCCCCCCCC(C)C)OC(=O)CCCCCCCCCCCCCCCC(C)C)OC(=O)CCCCCCCCCCCC(C)C. The zero-order chi connectivity index (χ0) is 68.2. The first-order chi connectivity index (χ1) is 44.1. The highest BCUT2D eigenvalue weighted by Crippen LogP contribution is 2.45. The largest absolute Gasteiger partial charge is 0.472 e. The number of phosphoric acid groups is 2. The maximum Gasteiger partial charge on any atom is 0.472 e. The Morgan fingerprint density at radius 2 is 0.522 bits per heavy atom. The van der Waals surface area contributed by atoms with Crippen molar-refractivity contribution in [2.24, 2.45) is 23.7 Å². The summed E-state index contributed by atoms with van der Waals surface area (Å²) < 4.78 is 68.4. The van der Waals surface area contributed by atoms with Crippen LogP contribution in [0.15, 0.2) is 0 Å². The van der Waals surface area contributed by atoms with Gasteiger partial charge in [-0.15, -0.1) is 0 Å². The number of phosphoric ester groups is 2. The van der Waals surface area contributed by atoms with Gasteiger partial charge in [-0.1, -0.05) is 312 Å². The fourth-order valence-corrected chi connectivity index (χ4v) is 12.6. The lowest BCUT2D eigenvalue weighted by atomic mass is 9.99. The Morgan fingerprint density at radius 3 is 0.772 bits per heavy atom. The molecule has 0 bridgehead atoms. The first-order valence-electron chi connectivity index (χ1n) is 37.7. The van der Waals surface area contributed by atoms with Gasteiger partial charge in [-0.3, -0.25) is 37.3 Å². The number of hydrogen-bond acceptors (Lipinski definition) is 15. The van der Waals surface area contributed by atoms with Crippen LogP contribution in [0.25, 0.3) is 0 Å². The second-order valence-electron chi connectivity index (χ2n) is 28.0. The molecule has 0 spiro atoms. The lowest BCUT2D eigenvalue weighted by molar-refractivity contribution is -0.161. The molecule has 17 nitrogen and oxygen atoms in total. The third-order valence-corrected chi connectivity index (χ3v) is 19.1. The van der Waals surface area contributed by atoms with Gasteiger partial charge in [0.05, 0.1) is 26.4 Å². The summed E-state index contributed by atoms with van der Waals surface area (Å²) in [5.74, 6) is 0.912. The standard InChI is InChI=1S/C73H142O17P2/c1-9-66(8)52-44-36-28-20-15-16-21-29-37-45-53-70(75)83-59-68(90-73(78)56-48-40-31-23-17-19-26-34-42-50-64(4)5)61-87-91(79,80)85-57-67(74)58-86-92(81,82)88-62-69(60-84-71(76)54-46-38-32-24-27-35-43-51-65(6)7)89-72(77)55-47-39-30-22-14-12-10-11-13-18-25-33-41-49-63(2)3/h63-69,74H,9-62H2,1-8H3,(H,79,80)(H,81,82)/t66?,67?,68-,69-/m1/s1. The quantitative estimate of drug-likeness (QED) is 0.0222. The van der Waals surface area contributed by atoms with Crippen molar-refractivity contribution in [3.05, 3.63) is 0 Å². The van der Waals surface area contributed by atoms with Crippen LogP contribution in [-0.4, -0.2) is 96.7 Å². The maximum absolute atomic E-state index is 13.0. The summed E-state index contributed by atoms with van der Waals surface area (Å²) in [6.45, 7) is 14.1. The molecule has 0 aromatic heterocycles. The predicted molar refractivity (Wildman–Crippen MR) is 372 cm³/mol. The third-order valence-electron chi connectivity index (χ3n) is 17.2. The Morgan fingerprint density at radius 1 is 0.304 bits per heavy atom. The lowest BCUT2D eigenvalue weighted by Crippen LogP contribution is -2.30. The number of carbonyl (C=O) groups excluding carboxylic acids is 4. The first kappa shape index (κ1) is 90.1. The number of unbranched alkanes of at least 4 members (excludes halogenated alkanes) is 35. The zero-order valence-electron chi connectivity index (χ0n) is 60.2. The van der Waals surface area contributed by atoms with E-state index in [0.29, 0.717) is 31.6 Å². The van der Waals surface area contributed by atoms with Gasteiger partial charge in [0.2, 0.25) is 0 Å². The van der Waals surface area contributed by atoms with E-state index in [1.165, 1.54) is 161 Å². The van der Waals surface area contributed by atoms with E-state index in [2.05, 4.69) is 55.4 Å². The van der Waals surface area contributed by atoms with Gasteiger partial charge >= 0.3 is 39.5 Å². The summed E-state index contributed by atoms with van der Waals surface area (Å²) in [4.78, 5) is 72.7. The van der Waals surface area contributed by atoms with Crippen LogP contribution in [-0.2, 0) is 65.4 Å². The molecule has 6 atom stereocenters. The molecule has 0 aromatic rings. The van der Waals surface area contributed by atoms with E-state index in [1.807, 2.05) is 0 Å². The molecule has 3 N–H and O–H groups in total. The van der Waals surface area contributed by atoms with Gasteiger partial charge in [0.25, 0.3) is 0 Å². The van der Waals surface area contributed by atoms with Crippen LogP contribution in [0, 0.1) is 23.7 Å². The predicted octanol–water partition coefficient (Wildman–Crippen LogP) is 20.9. The number of hydrogen-bond donors (Lipinski definition) is 3. The number of esters is 4. The molecule has 0 rings (SSSR count). The highest BCUT2D eigenvalue weighted by Gasteiger charge is 2.30. The van der Waals surface area contributed by atoms with Crippen molar-refractivity contribution in [3.8, 4) is 0 Å². The van der Waals surface area contributed by atoms with Crippen molar-refractivity contribution in [1.82, 2.24) is 0 Å². The summed E-state index contributed by atoms with van der Waals surface area (Å²) in [7, 11) is -9.91. The molecular formula is C73H142O17P2. The van der Waals surface area contributed by atoms with Crippen molar-refractivity contribution in [3.63, 3.8) is 0 Å². The molecule has 0 aromatic carbocycles. The Bertz CT molecular complexity index is 1820. The van der Waals surface area contributed by atoms with E-state index < -0.39 is 97.5 Å². The summed E-state index contributed by atoms with van der Waals surface area (Å²) in [6, 6.07) is 0. The van der Waals surface area contributed by atoms with Crippen molar-refractivity contribution in [1.29, 1.82) is 0 Å². The molecule has 4 unspecified atom stereocenters. The van der Waals surface area contributed by atoms with E-state index >= 15 is 0 Å². The fourth-order valence-electron chi connectivity index (χ4n) is 11.0. The van der Waals surface area contributed by atoms with Gasteiger partial charge in [0.1, 0.15) is 19.3 Å². The fraction of sp³-hybridized carbons (Fsp3) is 0.945. The highest BCUT2D eigenvalue weighted by atomic mass is 31.2. The van der Waals surface area contributed by atoms with Gasteiger partial charge < -0.3 is 33.8 Å². The molecule has 0 aliphatic carbocycles. The Hall–Kier alpha value is -1.94. The number of aliphatic hydroxyl groups excluding tert-OH is 1. The molecule has 0 amide bonds. The van der Waals surface area contributed by atoms with Crippen molar-refractivity contribution < 1.29 is 80.2 Å². The number of carbonyl (C=O) groups is 4. The van der Waals surface area contributed by atoms with Gasteiger partial charge in [-0.05, 0) is 49.4 Å². The Labute approximate surface area is 562 Å². The highest BCUT2D eigenvalue weighted by molar-refractivity contribution is 7.47. The molecule has 0 saturated heterocycles. The minimum atomic E-state index is -4.95. The zero-order valence-corrected chi connectivity index (χ0v) is 62.0. The topological polar surface area (TPSA) is 237 Å². The summed E-state index contributed by atoms with van der Waals surface area (Å²) in [6.07, 6.45) is 45.8. The van der Waals surface area contributed by atoms with Gasteiger partial charge in [0, 0.05) is 25.7 Å². The minimum Gasteiger partial charge on any atom is -0.462 e. The van der Waals surface area contributed by atoms with Crippen LogP contribution in [0.4, 0.5) is 0 Å². The van der Waals surface area contributed by atoms with E-state index in [0.717, 1.165) is 114 Å². The summed E-state index contributed by atoms with van der Waals surface area (Å²) >= 11 is 0. The number of ether oxygens (including phenoxy) is 4. The minimum absolute atomic E-state index is 0.105. The van der Waals surface area contributed by atoms with Crippen molar-refractivity contribution in [2.45, 2.75) is 382 Å². The van der Waals surface area contributed by atoms with Crippen LogP contribution < -0.4 is 0 Å². The summed E-state index contributed by atoms with van der Waals surface area (Å²) in [5, 5.41) is 10.6. The van der Waals surface area contributed by atoms with E-state index in [4.69, 9.17) is 37.0 Å². The second-order valence-corrected chi connectivity index (χ2v) is 30.9. The molecule has 0 aliphatic heterocycles. The van der Waals surface area contributed by atoms with Gasteiger partial charge in [-0.2, -0.15) is 0 Å². The molecule has 0 fully saturated rings. The van der Waals surface area contributed by atoms with Crippen molar-refractivity contribution in [2.75, 3.05) is 39.6 Å². The average Bonchev–Trinajstić information content (AvgIpc) is 3.11. The Kier molecular flexibility index (Phi) is 61.3. The van der Waals surface area contributed by atoms with Crippen LogP contribution in [0.5, 0.6) is 0 Å². The van der Waals surface area contributed by atoms with E-state index in [-0.39, 0.29) is 25.7 Å². The van der Waals surface area contributed by atoms with Gasteiger partial charge in [-0.25, -0.2) is 9.13 Å². The lowest BCUT2D eigenvalue weighted by Gasteiger charge is -2.21. The number of rotatable bonds is 70. The maximum atomic E-state index is 13.0. The van der Waals surface area contributed by atoms with Crippen LogP contribution in [0.1, 0.15) is 364 Å². The molecule has 0 radical (unpaired) electrons. The van der Waals surface area contributed by atoms with Crippen molar-refractivity contribution >= 4 is 39.5 Å². The molecule has 92 heavy (non-hydrogen) atoms. The van der Waals surface area contributed by atoms with Crippen LogP contribution in [0.3, 0.4) is 0 Å². The average molecular weight is 1350 g/mol. The number of aliphatic hydroxyl groups is 1. The Balaban J connectivity index is 5.25. The smallest absolute Gasteiger partial charge is 0.462 e. The van der Waals surface area contributed by atoms with Crippen LogP contribution >= 0.6 is 15.6 Å². The molecule has 19 heteroatoms.